The summed E-state index contributed by atoms with van der Waals surface area (Å²) >= 11 is 0. The lowest BCUT2D eigenvalue weighted by Crippen LogP contribution is -2.42. The number of hydrogen-bond acceptors (Lipinski definition) is 4. The van der Waals surface area contributed by atoms with Crippen LogP contribution in [0.4, 0.5) is 10.5 Å². The molecule has 0 radical (unpaired) electrons. The molecular formula is C12H19N5O3. The quantitative estimate of drug-likeness (QED) is 0.708. The van der Waals surface area contributed by atoms with Gasteiger partial charge in [-0.25, -0.2) is 4.79 Å². The lowest BCUT2D eigenvalue weighted by molar-refractivity contribution is -0.118. The zero-order chi connectivity index (χ0) is 14.5. The molecule has 0 bridgehead atoms. The van der Waals surface area contributed by atoms with Crippen molar-refractivity contribution in [2.75, 3.05) is 11.9 Å². The predicted octanol–water partition coefficient (Wildman–Crippen LogP) is 0.0574. The molecule has 2 heterocycles. The number of nitrogens with zero attached hydrogens (tertiary/aromatic N) is 2. The van der Waals surface area contributed by atoms with Gasteiger partial charge in [0, 0.05) is 12.8 Å². The molecule has 1 aromatic rings. The molecule has 1 saturated heterocycles. The standard InChI is InChI=1S/C12H19N5O3/c1-8(10-3-2-4-20-10)15-12(19)16-9-5-14-17(6-9)7-11(13)18/h5-6,8,10H,2-4,7H2,1H3,(H2,13,18)(H2,15,16,19)/t8-,10-/m0/s1. The Morgan fingerprint density at radius 3 is 3.10 bits per heavy atom. The molecule has 1 fully saturated rings. The SMILES string of the molecule is C[C@H](NC(=O)Nc1cnn(CC(N)=O)c1)[C@@H]1CCCO1. The predicted molar refractivity (Wildman–Crippen MR) is 72.0 cm³/mol. The van der Waals surface area contributed by atoms with Gasteiger partial charge >= 0.3 is 6.03 Å². The van der Waals surface area contributed by atoms with Crippen molar-refractivity contribution in [1.29, 1.82) is 0 Å². The number of amides is 3. The van der Waals surface area contributed by atoms with Gasteiger partial charge in [0.05, 0.1) is 24.0 Å². The molecule has 1 aliphatic rings. The van der Waals surface area contributed by atoms with Crippen LogP contribution in [0.1, 0.15) is 19.8 Å². The molecule has 3 amide bonds. The van der Waals surface area contributed by atoms with Gasteiger partial charge in [-0.1, -0.05) is 0 Å². The maximum Gasteiger partial charge on any atom is 0.319 e. The molecule has 20 heavy (non-hydrogen) atoms. The van der Waals surface area contributed by atoms with E-state index in [1.54, 1.807) is 6.20 Å². The first kappa shape index (κ1) is 14.3. The van der Waals surface area contributed by atoms with Gasteiger partial charge in [-0.05, 0) is 19.8 Å². The first-order chi connectivity index (χ1) is 9.54. The number of anilines is 1. The lowest BCUT2D eigenvalue weighted by atomic mass is 10.1. The van der Waals surface area contributed by atoms with Crippen LogP contribution >= 0.6 is 0 Å². The number of rotatable bonds is 5. The van der Waals surface area contributed by atoms with Gasteiger partial charge in [0.15, 0.2) is 0 Å². The van der Waals surface area contributed by atoms with Crippen molar-refractivity contribution in [2.45, 2.75) is 38.5 Å². The smallest absolute Gasteiger partial charge is 0.319 e. The van der Waals surface area contributed by atoms with Gasteiger partial charge in [0.2, 0.25) is 5.91 Å². The molecule has 8 nitrogen and oxygen atoms in total. The minimum Gasteiger partial charge on any atom is -0.376 e. The van der Waals surface area contributed by atoms with Crippen molar-refractivity contribution in [3.63, 3.8) is 0 Å². The van der Waals surface area contributed by atoms with E-state index in [2.05, 4.69) is 15.7 Å². The van der Waals surface area contributed by atoms with Crippen molar-refractivity contribution < 1.29 is 14.3 Å². The Balaban J connectivity index is 1.81. The van der Waals surface area contributed by atoms with E-state index < -0.39 is 5.91 Å². The van der Waals surface area contributed by atoms with E-state index in [-0.39, 0.29) is 24.7 Å². The molecule has 2 atom stereocenters. The third-order valence-corrected chi connectivity index (χ3v) is 3.09. The molecule has 0 spiro atoms. The Hall–Kier alpha value is -2.09. The lowest BCUT2D eigenvalue weighted by Gasteiger charge is -2.19. The fourth-order valence-electron chi connectivity index (χ4n) is 2.14. The molecule has 1 aliphatic heterocycles. The molecule has 0 aromatic carbocycles. The fourth-order valence-corrected chi connectivity index (χ4v) is 2.14. The first-order valence-corrected chi connectivity index (χ1v) is 6.54. The Morgan fingerprint density at radius 2 is 2.45 bits per heavy atom. The van der Waals surface area contributed by atoms with Crippen LogP contribution in [-0.2, 0) is 16.1 Å². The van der Waals surface area contributed by atoms with Crippen LogP contribution in [0.2, 0.25) is 0 Å². The zero-order valence-corrected chi connectivity index (χ0v) is 11.3. The van der Waals surface area contributed by atoms with Crippen LogP contribution in [0, 0.1) is 0 Å². The van der Waals surface area contributed by atoms with Gasteiger partial charge in [-0.3, -0.25) is 9.48 Å². The number of carbonyl (C=O) groups excluding carboxylic acids is 2. The summed E-state index contributed by atoms with van der Waals surface area (Å²) in [5.41, 5.74) is 5.56. The van der Waals surface area contributed by atoms with E-state index in [0.717, 1.165) is 19.4 Å². The van der Waals surface area contributed by atoms with Crippen LogP contribution in [0.5, 0.6) is 0 Å². The van der Waals surface area contributed by atoms with Crippen LogP contribution in [0.3, 0.4) is 0 Å². The van der Waals surface area contributed by atoms with Crippen LogP contribution < -0.4 is 16.4 Å². The Bertz CT molecular complexity index is 481. The molecule has 0 unspecified atom stereocenters. The number of urea groups is 1. The third-order valence-electron chi connectivity index (χ3n) is 3.09. The number of hydrogen-bond donors (Lipinski definition) is 3. The largest absolute Gasteiger partial charge is 0.376 e. The summed E-state index contributed by atoms with van der Waals surface area (Å²) < 4.78 is 6.87. The minimum absolute atomic E-state index is 0.0182. The highest BCUT2D eigenvalue weighted by Crippen LogP contribution is 2.15. The summed E-state index contributed by atoms with van der Waals surface area (Å²) in [6.07, 6.45) is 5.05. The summed E-state index contributed by atoms with van der Waals surface area (Å²) in [5.74, 6) is -0.490. The number of nitrogens with two attached hydrogens (primary N) is 1. The fraction of sp³-hybridized carbons (Fsp3) is 0.583. The van der Waals surface area contributed by atoms with E-state index in [4.69, 9.17) is 10.5 Å². The molecule has 4 N–H and O–H groups in total. The Morgan fingerprint density at radius 1 is 1.65 bits per heavy atom. The normalized spacial score (nSPS) is 19.6. The molecule has 1 aromatic heterocycles. The van der Waals surface area contributed by atoms with Gasteiger partial charge < -0.3 is 21.1 Å². The van der Waals surface area contributed by atoms with Gasteiger partial charge in [-0.2, -0.15) is 5.10 Å². The van der Waals surface area contributed by atoms with E-state index in [1.165, 1.54) is 10.9 Å². The molecule has 0 saturated carbocycles. The molecule has 0 aliphatic carbocycles. The van der Waals surface area contributed by atoms with Crippen LogP contribution in [0.25, 0.3) is 0 Å². The minimum atomic E-state index is -0.490. The van der Waals surface area contributed by atoms with Crippen molar-refractivity contribution in [1.82, 2.24) is 15.1 Å². The number of primary amides is 1. The number of carbonyl (C=O) groups is 2. The van der Waals surface area contributed by atoms with Gasteiger partial charge in [0.25, 0.3) is 0 Å². The van der Waals surface area contributed by atoms with Crippen molar-refractivity contribution in [2.24, 2.45) is 5.73 Å². The average molecular weight is 281 g/mol. The molecule has 110 valence electrons. The molecular weight excluding hydrogens is 262 g/mol. The average Bonchev–Trinajstić information content (AvgIpc) is 2.99. The highest BCUT2D eigenvalue weighted by Gasteiger charge is 2.23. The monoisotopic (exact) mass is 281 g/mol. The van der Waals surface area contributed by atoms with Gasteiger partial charge in [-0.15, -0.1) is 0 Å². The van der Waals surface area contributed by atoms with Crippen molar-refractivity contribution >= 4 is 17.6 Å². The second kappa shape index (κ2) is 6.38. The van der Waals surface area contributed by atoms with Crippen LogP contribution in [0.15, 0.2) is 12.4 Å². The Labute approximate surface area is 116 Å². The maximum absolute atomic E-state index is 11.8. The highest BCUT2D eigenvalue weighted by molar-refractivity contribution is 5.89. The highest BCUT2D eigenvalue weighted by atomic mass is 16.5. The second-order valence-corrected chi connectivity index (χ2v) is 4.83. The summed E-state index contributed by atoms with van der Waals surface area (Å²) in [4.78, 5) is 22.5. The first-order valence-electron chi connectivity index (χ1n) is 6.54. The van der Waals surface area contributed by atoms with E-state index >= 15 is 0 Å². The third kappa shape index (κ3) is 3.95. The van der Waals surface area contributed by atoms with Gasteiger partial charge in [0.1, 0.15) is 6.54 Å². The molecule has 2 rings (SSSR count). The summed E-state index contributed by atoms with van der Waals surface area (Å²) in [6, 6.07) is -0.384. The maximum atomic E-state index is 11.8. The van der Waals surface area contributed by atoms with E-state index in [9.17, 15) is 9.59 Å². The van der Waals surface area contributed by atoms with E-state index in [1.807, 2.05) is 6.92 Å². The second-order valence-electron chi connectivity index (χ2n) is 4.83. The number of nitrogens with one attached hydrogen (secondary N) is 2. The summed E-state index contributed by atoms with van der Waals surface area (Å²) in [5, 5.41) is 9.38. The topological polar surface area (TPSA) is 111 Å². The van der Waals surface area contributed by atoms with Crippen molar-refractivity contribution in [3.8, 4) is 0 Å². The Kier molecular flexibility index (Phi) is 4.57. The summed E-state index contributed by atoms with van der Waals surface area (Å²) in [7, 11) is 0. The number of aromatic nitrogens is 2. The van der Waals surface area contributed by atoms with Crippen molar-refractivity contribution in [3.05, 3.63) is 12.4 Å². The summed E-state index contributed by atoms with van der Waals surface area (Å²) in [6.45, 7) is 2.64. The molecule has 8 heteroatoms. The zero-order valence-electron chi connectivity index (χ0n) is 11.3. The van der Waals surface area contributed by atoms with Crippen LogP contribution in [-0.4, -0.2) is 40.5 Å². The number of ether oxygens (including phenoxy) is 1. The van der Waals surface area contributed by atoms with E-state index in [0.29, 0.717) is 5.69 Å².